The summed E-state index contributed by atoms with van der Waals surface area (Å²) in [5.74, 6) is -0.998. The number of nitrogens with two attached hydrogens (primary N) is 1. The number of benzene rings is 2. The Kier molecular flexibility index (Phi) is 4.06. The maximum absolute atomic E-state index is 11.1. The molecule has 4 nitrogen and oxygen atoms in total. The van der Waals surface area contributed by atoms with Crippen LogP contribution < -0.4 is 11.1 Å². The molecule has 2 aromatic rings. The molecule has 0 amide bonds. The van der Waals surface area contributed by atoms with Crippen molar-refractivity contribution in [3.05, 3.63) is 58.1 Å². The van der Waals surface area contributed by atoms with Crippen LogP contribution >= 0.6 is 15.9 Å². The van der Waals surface area contributed by atoms with Crippen LogP contribution in [0.1, 0.15) is 15.9 Å². The van der Waals surface area contributed by atoms with Crippen molar-refractivity contribution in [1.29, 1.82) is 0 Å². The lowest BCUT2D eigenvalue weighted by molar-refractivity contribution is 0.0698. The monoisotopic (exact) mass is 320 g/mol. The van der Waals surface area contributed by atoms with E-state index in [-0.39, 0.29) is 5.56 Å². The van der Waals surface area contributed by atoms with Crippen LogP contribution in [0.2, 0.25) is 0 Å². The van der Waals surface area contributed by atoms with Crippen molar-refractivity contribution in [2.24, 2.45) is 0 Å². The first-order valence-corrected chi connectivity index (χ1v) is 6.48. The molecule has 0 saturated carbocycles. The third kappa shape index (κ3) is 3.06. The van der Waals surface area contributed by atoms with Gasteiger partial charge in [-0.25, -0.2) is 4.79 Å². The first kappa shape index (κ1) is 13.4. The topological polar surface area (TPSA) is 75.4 Å². The molecule has 0 aromatic heterocycles. The first-order valence-electron chi connectivity index (χ1n) is 5.68. The van der Waals surface area contributed by atoms with Gasteiger partial charge in [0.05, 0.1) is 16.9 Å². The minimum atomic E-state index is -0.998. The molecule has 2 aromatic carbocycles. The maximum atomic E-state index is 11.1. The van der Waals surface area contributed by atoms with Crippen molar-refractivity contribution in [3.63, 3.8) is 0 Å². The Balaban J connectivity index is 2.25. The van der Waals surface area contributed by atoms with Crippen LogP contribution in [-0.2, 0) is 6.54 Å². The molecule has 0 spiro atoms. The van der Waals surface area contributed by atoms with E-state index in [0.717, 1.165) is 10.0 Å². The molecule has 0 atom stereocenters. The smallest absolute Gasteiger partial charge is 0.337 e. The van der Waals surface area contributed by atoms with Gasteiger partial charge in [0.25, 0.3) is 0 Å². The molecule has 98 valence electrons. The largest absolute Gasteiger partial charge is 0.478 e. The van der Waals surface area contributed by atoms with Crippen molar-refractivity contribution in [2.75, 3.05) is 11.1 Å². The highest BCUT2D eigenvalue weighted by Crippen LogP contribution is 2.25. The Hall–Kier alpha value is -2.01. The number of carboxylic acid groups (broad SMARTS) is 1. The van der Waals surface area contributed by atoms with E-state index in [1.807, 2.05) is 24.3 Å². The third-order valence-corrected chi connectivity index (χ3v) is 3.51. The van der Waals surface area contributed by atoms with E-state index in [4.69, 9.17) is 10.8 Å². The molecule has 5 heteroatoms. The van der Waals surface area contributed by atoms with Crippen LogP contribution in [0.25, 0.3) is 0 Å². The summed E-state index contributed by atoms with van der Waals surface area (Å²) in [6, 6.07) is 12.6. The molecule has 19 heavy (non-hydrogen) atoms. The van der Waals surface area contributed by atoms with Crippen LogP contribution in [0.4, 0.5) is 11.4 Å². The highest BCUT2D eigenvalue weighted by atomic mass is 79.9. The summed E-state index contributed by atoms with van der Waals surface area (Å²) in [5.41, 5.74) is 7.90. The van der Waals surface area contributed by atoms with Gasteiger partial charge in [-0.3, -0.25) is 0 Å². The summed E-state index contributed by atoms with van der Waals surface area (Å²) in [7, 11) is 0. The molecular formula is C14H13BrN2O2. The highest BCUT2D eigenvalue weighted by molar-refractivity contribution is 9.10. The van der Waals surface area contributed by atoms with Crippen molar-refractivity contribution >= 4 is 33.3 Å². The number of carbonyl (C=O) groups is 1. The van der Waals surface area contributed by atoms with E-state index >= 15 is 0 Å². The van der Waals surface area contributed by atoms with Gasteiger partial charge < -0.3 is 16.2 Å². The summed E-state index contributed by atoms with van der Waals surface area (Å²) < 4.78 is 0.967. The number of hydrogen-bond acceptors (Lipinski definition) is 3. The summed E-state index contributed by atoms with van der Waals surface area (Å²) in [6.07, 6.45) is 0. The summed E-state index contributed by atoms with van der Waals surface area (Å²) >= 11 is 3.45. The predicted molar refractivity (Wildman–Crippen MR) is 79.3 cm³/mol. The molecule has 4 N–H and O–H groups in total. The molecule has 2 rings (SSSR count). The summed E-state index contributed by atoms with van der Waals surface area (Å²) in [5, 5.41) is 12.2. The zero-order valence-corrected chi connectivity index (χ0v) is 11.6. The quantitative estimate of drug-likeness (QED) is 0.755. The minimum absolute atomic E-state index is 0.173. The number of hydrogen-bond donors (Lipinski definition) is 3. The molecule has 0 aliphatic carbocycles. The minimum Gasteiger partial charge on any atom is -0.478 e. The third-order valence-electron chi connectivity index (χ3n) is 2.74. The summed E-state index contributed by atoms with van der Waals surface area (Å²) in [4.78, 5) is 11.1. The van der Waals surface area contributed by atoms with Gasteiger partial charge in [0.2, 0.25) is 0 Å². The standard InChI is InChI=1S/C14H13BrN2O2/c15-11-6-2-1-4-9(11)8-17-13-10(14(18)19)5-3-7-12(13)16/h1-7,17H,8,16H2,(H,18,19). The van der Waals surface area contributed by atoms with Gasteiger partial charge in [-0.15, -0.1) is 0 Å². The zero-order chi connectivity index (χ0) is 13.8. The van der Waals surface area contributed by atoms with Crippen LogP contribution in [0.5, 0.6) is 0 Å². The molecule has 0 aliphatic rings. The summed E-state index contributed by atoms with van der Waals surface area (Å²) in [6.45, 7) is 0.496. The Labute approximate surface area is 119 Å². The van der Waals surface area contributed by atoms with Crippen molar-refractivity contribution in [1.82, 2.24) is 0 Å². The Morgan fingerprint density at radius 3 is 2.63 bits per heavy atom. The number of nitrogens with one attached hydrogen (secondary N) is 1. The fourth-order valence-electron chi connectivity index (χ4n) is 1.77. The average molecular weight is 321 g/mol. The number of anilines is 2. The normalized spacial score (nSPS) is 10.2. The Morgan fingerprint density at radius 1 is 1.21 bits per heavy atom. The van der Waals surface area contributed by atoms with E-state index in [0.29, 0.717) is 17.9 Å². The van der Waals surface area contributed by atoms with Gasteiger partial charge in [-0.2, -0.15) is 0 Å². The SMILES string of the molecule is Nc1cccc(C(=O)O)c1NCc1ccccc1Br. The van der Waals surface area contributed by atoms with E-state index in [1.54, 1.807) is 12.1 Å². The molecule has 0 bridgehead atoms. The van der Waals surface area contributed by atoms with Crippen molar-refractivity contribution in [3.8, 4) is 0 Å². The van der Waals surface area contributed by atoms with Gasteiger partial charge in [-0.05, 0) is 23.8 Å². The number of aromatic carboxylic acids is 1. The maximum Gasteiger partial charge on any atom is 0.337 e. The second-order valence-electron chi connectivity index (χ2n) is 4.02. The van der Waals surface area contributed by atoms with E-state index in [1.165, 1.54) is 6.07 Å². The number of nitrogen functional groups attached to an aromatic ring is 1. The van der Waals surface area contributed by atoms with Crippen molar-refractivity contribution < 1.29 is 9.90 Å². The lowest BCUT2D eigenvalue weighted by Gasteiger charge is -2.13. The molecule has 0 heterocycles. The van der Waals surface area contributed by atoms with Crippen LogP contribution in [0.3, 0.4) is 0 Å². The fraction of sp³-hybridized carbons (Fsp3) is 0.0714. The van der Waals surface area contributed by atoms with E-state index in [9.17, 15) is 4.79 Å². The number of para-hydroxylation sites is 1. The number of rotatable bonds is 4. The molecule has 0 radical (unpaired) electrons. The number of carboxylic acids is 1. The Bertz CT molecular complexity index is 614. The van der Waals surface area contributed by atoms with Crippen LogP contribution in [0, 0.1) is 0 Å². The van der Waals surface area contributed by atoms with Gasteiger partial charge >= 0.3 is 5.97 Å². The second kappa shape index (κ2) is 5.75. The molecule has 0 aliphatic heterocycles. The lowest BCUT2D eigenvalue weighted by atomic mass is 10.1. The highest BCUT2D eigenvalue weighted by Gasteiger charge is 2.12. The number of halogens is 1. The molecule has 0 saturated heterocycles. The van der Waals surface area contributed by atoms with E-state index in [2.05, 4.69) is 21.2 Å². The molecular weight excluding hydrogens is 308 g/mol. The van der Waals surface area contributed by atoms with Crippen molar-refractivity contribution in [2.45, 2.75) is 6.54 Å². The van der Waals surface area contributed by atoms with Gasteiger partial charge in [0.1, 0.15) is 0 Å². The van der Waals surface area contributed by atoms with Gasteiger partial charge in [0.15, 0.2) is 0 Å². The van der Waals surface area contributed by atoms with E-state index < -0.39 is 5.97 Å². The zero-order valence-electron chi connectivity index (χ0n) is 10.1. The van der Waals surface area contributed by atoms with Gasteiger partial charge in [-0.1, -0.05) is 40.2 Å². The second-order valence-corrected chi connectivity index (χ2v) is 4.87. The average Bonchev–Trinajstić information content (AvgIpc) is 2.38. The molecule has 0 unspecified atom stereocenters. The Morgan fingerprint density at radius 2 is 1.95 bits per heavy atom. The predicted octanol–water partition coefficient (Wildman–Crippen LogP) is 3.34. The fourth-order valence-corrected chi connectivity index (χ4v) is 2.20. The first-order chi connectivity index (χ1) is 9.09. The van der Waals surface area contributed by atoms with Gasteiger partial charge in [0, 0.05) is 11.0 Å². The molecule has 0 fully saturated rings. The van der Waals surface area contributed by atoms with Crippen LogP contribution in [-0.4, -0.2) is 11.1 Å². The van der Waals surface area contributed by atoms with Crippen LogP contribution in [0.15, 0.2) is 46.9 Å². The lowest BCUT2D eigenvalue weighted by Crippen LogP contribution is -2.09.